The number of rotatable bonds is 3. The molecule has 0 heterocycles. The monoisotopic (exact) mass is 322 g/mol. The van der Waals surface area contributed by atoms with Gasteiger partial charge in [-0.1, -0.05) is 78.9 Å². The van der Waals surface area contributed by atoms with E-state index in [2.05, 4.69) is 97.9 Å². The van der Waals surface area contributed by atoms with Gasteiger partial charge in [0.05, 0.1) is 0 Å². The third-order valence-corrected chi connectivity index (χ3v) is 4.96. The Balaban J connectivity index is 1.95. The molecular formula is C25H22. The Morgan fingerprint density at radius 1 is 0.680 bits per heavy atom. The maximum absolute atomic E-state index is 2.36. The Morgan fingerprint density at radius 3 is 1.72 bits per heavy atom. The average Bonchev–Trinajstić information content (AvgIpc) is 2.70. The van der Waals surface area contributed by atoms with Crippen molar-refractivity contribution in [1.29, 1.82) is 0 Å². The quantitative estimate of drug-likeness (QED) is 0.484. The van der Waals surface area contributed by atoms with Gasteiger partial charge in [-0.25, -0.2) is 0 Å². The Morgan fingerprint density at radius 2 is 1.24 bits per heavy atom. The average molecular weight is 322 g/mol. The zero-order chi connectivity index (χ0) is 17.1. The highest BCUT2D eigenvalue weighted by Crippen LogP contribution is 2.36. The Kier molecular flexibility index (Phi) is 4.35. The topological polar surface area (TPSA) is 0 Å². The minimum Gasteiger partial charge on any atom is -0.0842 e. The van der Waals surface area contributed by atoms with E-state index < -0.39 is 0 Å². The van der Waals surface area contributed by atoms with E-state index in [4.69, 9.17) is 0 Å². The van der Waals surface area contributed by atoms with E-state index in [0.29, 0.717) is 0 Å². The van der Waals surface area contributed by atoms with E-state index in [1.54, 1.807) is 0 Å². The van der Waals surface area contributed by atoms with Crippen LogP contribution >= 0.6 is 0 Å². The van der Waals surface area contributed by atoms with E-state index >= 15 is 0 Å². The molecule has 122 valence electrons. The molecule has 1 aliphatic carbocycles. The standard InChI is InChI=1S/C25H22/c1-19-24(21-13-7-3-8-14-21)17-23(20-11-5-2-6-12-20)18-25(19)22-15-9-4-10-16-22/h2-5,7-11,13-18H,6,12H2,1H3. The summed E-state index contributed by atoms with van der Waals surface area (Å²) in [6.07, 6.45) is 8.93. The fourth-order valence-electron chi connectivity index (χ4n) is 3.58. The molecular weight excluding hydrogens is 300 g/mol. The first-order valence-electron chi connectivity index (χ1n) is 8.94. The largest absolute Gasteiger partial charge is 0.0842 e. The van der Waals surface area contributed by atoms with Crippen molar-refractivity contribution in [3.8, 4) is 22.3 Å². The van der Waals surface area contributed by atoms with Crippen LogP contribution in [0, 0.1) is 6.92 Å². The molecule has 0 aliphatic heterocycles. The van der Waals surface area contributed by atoms with Crippen molar-refractivity contribution in [2.45, 2.75) is 19.8 Å². The second kappa shape index (κ2) is 6.94. The van der Waals surface area contributed by atoms with Gasteiger partial charge < -0.3 is 0 Å². The molecule has 0 atom stereocenters. The number of hydrogen-bond donors (Lipinski definition) is 0. The molecule has 0 nitrogen and oxygen atoms in total. The van der Waals surface area contributed by atoms with Crippen LogP contribution < -0.4 is 0 Å². The highest BCUT2D eigenvalue weighted by molar-refractivity contribution is 5.84. The summed E-state index contributed by atoms with van der Waals surface area (Å²) in [6, 6.07) is 26.2. The third-order valence-electron chi connectivity index (χ3n) is 4.96. The molecule has 0 fully saturated rings. The molecule has 0 radical (unpaired) electrons. The van der Waals surface area contributed by atoms with Gasteiger partial charge in [-0.3, -0.25) is 0 Å². The SMILES string of the molecule is Cc1c(-c2ccccc2)cc(C2=CC=CCC2)cc1-c1ccccc1. The van der Waals surface area contributed by atoms with Gasteiger partial charge in [0.2, 0.25) is 0 Å². The first-order valence-corrected chi connectivity index (χ1v) is 8.94. The molecule has 0 unspecified atom stereocenters. The lowest BCUT2D eigenvalue weighted by Gasteiger charge is -2.18. The summed E-state index contributed by atoms with van der Waals surface area (Å²) >= 11 is 0. The molecule has 0 saturated heterocycles. The van der Waals surface area contributed by atoms with Crippen LogP contribution in [0.25, 0.3) is 27.8 Å². The molecule has 0 saturated carbocycles. The van der Waals surface area contributed by atoms with Crippen LogP contribution in [0.15, 0.2) is 91.0 Å². The molecule has 25 heavy (non-hydrogen) atoms. The van der Waals surface area contributed by atoms with Crippen molar-refractivity contribution in [1.82, 2.24) is 0 Å². The van der Waals surface area contributed by atoms with Crippen molar-refractivity contribution in [2.75, 3.05) is 0 Å². The van der Waals surface area contributed by atoms with E-state index in [1.165, 1.54) is 39.0 Å². The van der Waals surface area contributed by atoms with Crippen molar-refractivity contribution in [3.05, 3.63) is 102 Å². The lowest BCUT2D eigenvalue weighted by atomic mass is 9.87. The molecule has 1 aliphatic rings. The smallest absolute Gasteiger partial charge is 0.0142 e. The summed E-state index contributed by atoms with van der Waals surface area (Å²) < 4.78 is 0. The predicted octanol–water partition coefficient (Wildman–Crippen LogP) is 7.06. The number of hydrogen-bond acceptors (Lipinski definition) is 0. The highest BCUT2D eigenvalue weighted by Gasteiger charge is 2.13. The van der Waals surface area contributed by atoms with Gasteiger partial charge in [0.15, 0.2) is 0 Å². The highest BCUT2D eigenvalue weighted by atomic mass is 14.2. The molecule has 0 spiro atoms. The van der Waals surface area contributed by atoms with Gasteiger partial charge in [0.1, 0.15) is 0 Å². The van der Waals surface area contributed by atoms with Crippen LogP contribution in [-0.2, 0) is 0 Å². The molecule has 0 aromatic heterocycles. The minimum absolute atomic E-state index is 1.11. The van der Waals surface area contributed by atoms with Gasteiger partial charge in [0, 0.05) is 0 Å². The lowest BCUT2D eigenvalue weighted by Crippen LogP contribution is -1.95. The van der Waals surface area contributed by atoms with E-state index in [0.717, 1.165) is 12.8 Å². The van der Waals surface area contributed by atoms with Gasteiger partial charge in [0.25, 0.3) is 0 Å². The number of benzene rings is 3. The summed E-state index contributed by atoms with van der Waals surface area (Å²) in [6.45, 7) is 2.24. The van der Waals surface area contributed by atoms with E-state index in [1.807, 2.05) is 0 Å². The predicted molar refractivity (Wildman–Crippen MR) is 108 cm³/mol. The summed E-state index contributed by atoms with van der Waals surface area (Å²) in [4.78, 5) is 0. The summed E-state index contributed by atoms with van der Waals surface area (Å²) in [7, 11) is 0. The maximum Gasteiger partial charge on any atom is -0.0142 e. The molecule has 0 N–H and O–H groups in total. The fraction of sp³-hybridized carbons (Fsp3) is 0.120. The molecule has 0 heteroatoms. The van der Waals surface area contributed by atoms with Crippen LogP contribution in [0.4, 0.5) is 0 Å². The van der Waals surface area contributed by atoms with Crippen molar-refractivity contribution < 1.29 is 0 Å². The van der Waals surface area contributed by atoms with Crippen LogP contribution in [0.3, 0.4) is 0 Å². The van der Waals surface area contributed by atoms with Crippen LogP contribution in [-0.4, -0.2) is 0 Å². The summed E-state index contributed by atoms with van der Waals surface area (Å²) in [5.41, 5.74) is 9.33. The van der Waals surface area contributed by atoms with Gasteiger partial charge in [-0.15, -0.1) is 0 Å². The first kappa shape index (κ1) is 15.7. The fourth-order valence-corrected chi connectivity index (χ4v) is 3.58. The van der Waals surface area contributed by atoms with E-state index in [9.17, 15) is 0 Å². The van der Waals surface area contributed by atoms with Crippen molar-refractivity contribution in [2.24, 2.45) is 0 Å². The van der Waals surface area contributed by atoms with Gasteiger partial charge >= 0.3 is 0 Å². The normalized spacial score (nSPS) is 13.6. The summed E-state index contributed by atoms with van der Waals surface area (Å²) in [5, 5.41) is 0. The maximum atomic E-state index is 2.36. The van der Waals surface area contributed by atoms with Gasteiger partial charge in [-0.2, -0.15) is 0 Å². The molecule has 3 aromatic rings. The van der Waals surface area contributed by atoms with Gasteiger partial charge in [-0.05, 0) is 70.9 Å². The van der Waals surface area contributed by atoms with Crippen molar-refractivity contribution >= 4 is 5.57 Å². The first-order chi connectivity index (χ1) is 12.3. The molecule has 0 bridgehead atoms. The zero-order valence-electron chi connectivity index (χ0n) is 14.6. The lowest BCUT2D eigenvalue weighted by molar-refractivity contribution is 1.05. The van der Waals surface area contributed by atoms with Crippen LogP contribution in [0.2, 0.25) is 0 Å². The Labute approximate surface area is 150 Å². The van der Waals surface area contributed by atoms with E-state index in [-0.39, 0.29) is 0 Å². The molecule has 3 aromatic carbocycles. The van der Waals surface area contributed by atoms with Crippen LogP contribution in [0.1, 0.15) is 24.0 Å². The van der Waals surface area contributed by atoms with Crippen LogP contribution in [0.5, 0.6) is 0 Å². The Bertz CT molecular complexity index is 868. The second-order valence-electron chi connectivity index (χ2n) is 6.59. The summed E-state index contributed by atoms with van der Waals surface area (Å²) in [5.74, 6) is 0. The zero-order valence-corrected chi connectivity index (χ0v) is 14.6. The number of allylic oxidation sites excluding steroid dienone is 4. The Hall–Kier alpha value is -2.86. The third kappa shape index (κ3) is 3.21. The molecule has 0 amide bonds. The molecule has 4 rings (SSSR count). The van der Waals surface area contributed by atoms with Crippen molar-refractivity contribution in [3.63, 3.8) is 0 Å². The minimum atomic E-state index is 1.11. The second-order valence-corrected chi connectivity index (χ2v) is 6.59.